The molecule has 0 aliphatic rings. The van der Waals surface area contributed by atoms with Gasteiger partial charge in [-0.3, -0.25) is 5.43 Å². The molecule has 0 saturated heterocycles. The number of furan rings is 1. The molecule has 1 heterocycles. The Morgan fingerprint density at radius 1 is 1.39 bits per heavy atom. The third-order valence-corrected chi connectivity index (χ3v) is 2.34. The SMILES string of the molecule is Cc1cc(C(C)NNC(=O)OC(C)(C)C)c(C)o1. The van der Waals surface area contributed by atoms with E-state index in [9.17, 15) is 4.79 Å². The van der Waals surface area contributed by atoms with Crippen molar-refractivity contribution >= 4 is 6.09 Å². The number of hydrogen-bond donors (Lipinski definition) is 2. The van der Waals surface area contributed by atoms with Crippen LogP contribution in [0.4, 0.5) is 4.79 Å². The average Bonchev–Trinajstić information content (AvgIpc) is 2.52. The lowest BCUT2D eigenvalue weighted by atomic mass is 10.1. The monoisotopic (exact) mass is 254 g/mol. The molecule has 1 atom stereocenters. The van der Waals surface area contributed by atoms with Crippen molar-refractivity contribution in [3.05, 3.63) is 23.2 Å². The number of carbonyl (C=O) groups is 1. The van der Waals surface area contributed by atoms with Gasteiger partial charge in [0.15, 0.2) is 0 Å². The number of rotatable bonds is 3. The van der Waals surface area contributed by atoms with Crippen molar-refractivity contribution in [2.75, 3.05) is 0 Å². The van der Waals surface area contributed by atoms with Crippen LogP contribution in [0.15, 0.2) is 10.5 Å². The van der Waals surface area contributed by atoms with E-state index in [0.717, 1.165) is 17.1 Å². The van der Waals surface area contributed by atoms with Gasteiger partial charge in [-0.05, 0) is 47.6 Å². The van der Waals surface area contributed by atoms with E-state index < -0.39 is 11.7 Å². The number of hydrogen-bond acceptors (Lipinski definition) is 4. The molecule has 0 aromatic carbocycles. The summed E-state index contributed by atoms with van der Waals surface area (Å²) >= 11 is 0. The molecule has 18 heavy (non-hydrogen) atoms. The molecule has 0 bridgehead atoms. The molecule has 0 radical (unpaired) electrons. The lowest BCUT2D eigenvalue weighted by Crippen LogP contribution is -2.42. The first kappa shape index (κ1) is 14.6. The quantitative estimate of drug-likeness (QED) is 0.814. The first-order valence-corrected chi connectivity index (χ1v) is 6.00. The van der Waals surface area contributed by atoms with Crippen molar-refractivity contribution in [1.82, 2.24) is 10.9 Å². The molecule has 2 N–H and O–H groups in total. The summed E-state index contributed by atoms with van der Waals surface area (Å²) in [6.07, 6.45) is -0.493. The zero-order chi connectivity index (χ0) is 13.9. The van der Waals surface area contributed by atoms with Crippen molar-refractivity contribution in [1.29, 1.82) is 0 Å². The fraction of sp³-hybridized carbons (Fsp3) is 0.615. The van der Waals surface area contributed by atoms with Gasteiger partial charge in [-0.2, -0.15) is 0 Å². The second-order valence-electron chi connectivity index (χ2n) is 5.36. The Kier molecular flexibility index (Phi) is 4.40. The van der Waals surface area contributed by atoms with Gasteiger partial charge in [0.2, 0.25) is 0 Å². The molecule has 5 heteroatoms. The summed E-state index contributed by atoms with van der Waals surface area (Å²) in [5.41, 5.74) is 5.93. The predicted octanol–water partition coefficient (Wildman–Crippen LogP) is 2.99. The van der Waals surface area contributed by atoms with E-state index in [1.54, 1.807) is 0 Å². The molecule has 1 aromatic rings. The van der Waals surface area contributed by atoms with Crippen LogP contribution >= 0.6 is 0 Å². The highest BCUT2D eigenvalue weighted by Gasteiger charge is 2.17. The average molecular weight is 254 g/mol. The summed E-state index contributed by atoms with van der Waals surface area (Å²) in [4.78, 5) is 11.5. The van der Waals surface area contributed by atoms with Crippen LogP contribution < -0.4 is 10.9 Å². The number of nitrogens with one attached hydrogen (secondary N) is 2. The van der Waals surface area contributed by atoms with Crippen molar-refractivity contribution in [2.24, 2.45) is 0 Å². The first-order valence-electron chi connectivity index (χ1n) is 6.00. The minimum Gasteiger partial charge on any atom is -0.466 e. The molecule has 0 aliphatic carbocycles. The lowest BCUT2D eigenvalue weighted by Gasteiger charge is -2.21. The predicted molar refractivity (Wildman–Crippen MR) is 69.1 cm³/mol. The van der Waals surface area contributed by atoms with Gasteiger partial charge in [0.05, 0.1) is 6.04 Å². The first-order chi connectivity index (χ1) is 8.19. The summed E-state index contributed by atoms with van der Waals surface area (Å²) in [7, 11) is 0. The van der Waals surface area contributed by atoms with Crippen LogP contribution in [0.3, 0.4) is 0 Å². The molecular weight excluding hydrogens is 232 g/mol. The van der Waals surface area contributed by atoms with Crippen molar-refractivity contribution < 1.29 is 13.9 Å². The Morgan fingerprint density at radius 2 is 2.00 bits per heavy atom. The number of amides is 1. The van der Waals surface area contributed by atoms with Crippen LogP contribution in [0.5, 0.6) is 0 Å². The fourth-order valence-electron chi connectivity index (χ4n) is 1.63. The van der Waals surface area contributed by atoms with E-state index in [1.807, 2.05) is 47.6 Å². The summed E-state index contributed by atoms with van der Waals surface area (Å²) < 4.78 is 10.6. The normalized spacial score (nSPS) is 13.2. The Hall–Kier alpha value is -1.49. The third-order valence-electron chi connectivity index (χ3n) is 2.34. The summed E-state index contributed by atoms with van der Waals surface area (Å²) in [5.74, 6) is 1.70. The Bertz CT molecular complexity index is 418. The zero-order valence-corrected chi connectivity index (χ0v) is 11.9. The molecule has 1 unspecified atom stereocenters. The Labute approximate surface area is 108 Å². The maximum atomic E-state index is 11.5. The molecule has 0 aliphatic heterocycles. The molecular formula is C13H22N2O3. The van der Waals surface area contributed by atoms with Crippen molar-refractivity contribution in [2.45, 2.75) is 53.2 Å². The molecule has 5 nitrogen and oxygen atoms in total. The molecule has 1 amide bonds. The smallest absolute Gasteiger partial charge is 0.422 e. The van der Waals surface area contributed by atoms with Crippen LogP contribution in [-0.2, 0) is 4.74 Å². The van der Waals surface area contributed by atoms with Crippen LogP contribution in [0, 0.1) is 13.8 Å². The minimum absolute atomic E-state index is 0.0463. The highest BCUT2D eigenvalue weighted by atomic mass is 16.6. The second-order valence-corrected chi connectivity index (χ2v) is 5.36. The minimum atomic E-state index is -0.503. The summed E-state index contributed by atoms with van der Waals surface area (Å²) in [5, 5.41) is 0. The Balaban J connectivity index is 2.49. The number of carbonyl (C=O) groups excluding carboxylic acids is 1. The van der Waals surface area contributed by atoms with Crippen LogP contribution in [0.2, 0.25) is 0 Å². The van der Waals surface area contributed by atoms with E-state index in [-0.39, 0.29) is 6.04 Å². The van der Waals surface area contributed by atoms with Gasteiger partial charge < -0.3 is 9.15 Å². The Morgan fingerprint density at radius 3 is 2.44 bits per heavy atom. The van der Waals surface area contributed by atoms with Gasteiger partial charge in [-0.25, -0.2) is 10.2 Å². The van der Waals surface area contributed by atoms with Crippen LogP contribution in [0.25, 0.3) is 0 Å². The molecule has 0 spiro atoms. The van der Waals surface area contributed by atoms with E-state index in [2.05, 4.69) is 10.9 Å². The van der Waals surface area contributed by atoms with Crippen molar-refractivity contribution in [3.63, 3.8) is 0 Å². The van der Waals surface area contributed by atoms with E-state index in [0.29, 0.717) is 0 Å². The second kappa shape index (κ2) is 5.44. The van der Waals surface area contributed by atoms with Gasteiger partial charge in [-0.15, -0.1) is 0 Å². The topological polar surface area (TPSA) is 63.5 Å². The van der Waals surface area contributed by atoms with Gasteiger partial charge >= 0.3 is 6.09 Å². The van der Waals surface area contributed by atoms with E-state index in [1.165, 1.54) is 0 Å². The summed E-state index contributed by atoms with van der Waals surface area (Å²) in [6, 6.07) is 1.90. The van der Waals surface area contributed by atoms with Crippen molar-refractivity contribution in [3.8, 4) is 0 Å². The van der Waals surface area contributed by atoms with Crippen LogP contribution in [0.1, 0.15) is 50.8 Å². The number of ether oxygens (including phenoxy) is 1. The highest BCUT2D eigenvalue weighted by Crippen LogP contribution is 2.20. The lowest BCUT2D eigenvalue weighted by molar-refractivity contribution is 0.0489. The molecule has 1 rings (SSSR count). The van der Waals surface area contributed by atoms with E-state index in [4.69, 9.17) is 9.15 Å². The highest BCUT2D eigenvalue weighted by molar-refractivity contribution is 5.67. The molecule has 0 saturated carbocycles. The third kappa shape index (κ3) is 4.41. The van der Waals surface area contributed by atoms with Gasteiger partial charge in [-0.1, -0.05) is 0 Å². The largest absolute Gasteiger partial charge is 0.466 e. The molecule has 1 aromatic heterocycles. The van der Waals surface area contributed by atoms with Crippen LogP contribution in [-0.4, -0.2) is 11.7 Å². The maximum Gasteiger partial charge on any atom is 0.422 e. The van der Waals surface area contributed by atoms with Gasteiger partial charge in [0, 0.05) is 5.56 Å². The van der Waals surface area contributed by atoms with E-state index >= 15 is 0 Å². The van der Waals surface area contributed by atoms with Gasteiger partial charge in [0.1, 0.15) is 17.1 Å². The molecule has 102 valence electrons. The number of hydrazine groups is 1. The van der Waals surface area contributed by atoms with Gasteiger partial charge in [0.25, 0.3) is 0 Å². The molecule has 0 fully saturated rings. The summed E-state index contributed by atoms with van der Waals surface area (Å²) in [6.45, 7) is 11.2. The number of aryl methyl sites for hydroxylation is 2. The fourth-order valence-corrected chi connectivity index (χ4v) is 1.63. The zero-order valence-electron chi connectivity index (χ0n) is 11.9. The maximum absolute atomic E-state index is 11.5. The standard InChI is InChI=1S/C13H22N2O3/c1-8-7-11(10(3)17-8)9(2)14-15-12(16)18-13(4,5)6/h7,9,14H,1-6H3,(H,15,16).